The number of hydrogen-bond donors (Lipinski definition) is 3. The molecule has 0 aliphatic heterocycles. The highest BCUT2D eigenvalue weighted by Crippen LogP contribution is 2.41. The number of rotatable bonds is 12. The summed E-state index contributed by atoms with van der Waals surface area (Å²) in [5, 5.41) is 8.64. The van der Waals surface area contributed by atoms with Crippen molar-refractivity contribution >= 4 is 63.6 Å². The van der Waals surface area contributed by atoms with Gasteiger partial charge in [0.15, 0.2) is 0 Å². The molecule has 3 N–H and O–H groups in total. The summed E-state index contributed by atoms with van der Waals surface area (Å²) in [7, 11) is 0. The number of thiophene rings is 1. The number of fused-ring (bicyclic) bond motifs is 1. The van der Waals surface area contributed by atoms with Gasteiger partial charge in [0.1, 0.15) is 15.9 Å². The van der Waals surface area contributed by atoms with Crippen LogP contribution in [-0.2, 0) is 27.2 Å². The van der Waals surface area contributed by atoms with Crippen LogP contribution >= 0.6 is 23.1 Å². The smallest absolute Gasteiger partial charge is 0.341 e. The van der Waals surface area contributed by atoms with E-state index in [2.05, 4.69) is 16.0 Å². The van der Waals surface area contributed by atoms with Crippen LogP contribution in [0, 0.1) is 0 Å². The first kappa shape index (κ1) is 36.3. The summed E-state index contributed by atoms with van der Waals surface area (Å²) in [6.45, 7) is 2.02. The van der Waals surface area contributed by atoms with E-state index in [1.165, 1.54) is 23.1 Å². The Kier molecular flexibility index (Phi) is 12.3. The molecule has 10 heteroatoms. The van der Waals surface area contributed by atoms with E-state index in [0.717, 1.165) is 58.6 Å². The van der Waals surface area contributed by atoms with Gasteiger partial charge in [-0.25, -0.2) is 4.79 Å². The molecule has 0 saturated heterocycles. The number of ether oxygens (including phenoxy) is 1. The van der Waals surface area contributed by atoms with Gasteiger partial charge in [-0.15, -0.1) is 23.1 Å². The molecule has 3 amide bonds. The number of carbonyl (C=O) groups excluding carboxylic acids is 4. The van der Waals surface area contributed by atoms with Crippen molar-refractivity contribution in [2.45, 2.75) is 49.2 Å². The summed E-state index contributed by atoms with van der Waals surface area (Å²) in [5.74, 6) is -1.60. The number of carbonyl (C=O) groups is 4. The molecule has 1 heterocycles. The number of anilines is 2. The second kappa shape index (κ2) is 17.7. The van der Waals surface area contributed by atoms with Gasteiger partial charge in [0.25, 0.3) is 11.8 Å². The second-order valence-corrected chi connectivity index (χ2v) is 14.4. The number of benzene rings is 4. The maximum Gasteiger partial charge on any atom is 0.341 e. The fourth-order valence-electron chi connectivity index (χ4n) is 5.97. The van der Waals surface area contributed by atoms with E-state index in [9.17, 15) is 19.2 Å². The third-order valence-electron chi connectivity index (χ3n) is 8.46. The van der Waals surface area contributed by atoms with Gasteiger partial charge in [-0.2, -0.15) is 0 Å². The molecule has 4 aromatic carbocycles. The van der Waals surface area contributed by atoms with Crippen molar-refractivity contribution in [1.29, 1.82) is 0 Å². The zero-order valence-electron chi connectivity index (χ0n) is 28.7. The Labute approximate surface area is 311 Å². The summed E-state index contributed by atoms with van der Waals surface area (Å²) in [6.07, 6.45) is 6.41. The van der Waals surface area contributed by atoms with Crippen molar-refractivity contribution in [1.82, 2.24) is 5.32 Å². The van der Waals surface area contributed by atoms with E-state index >= 15 is 0 Å². The molecule has 264 valence electrons. The summed E-state index contributed by atoms with van der Waals surface area (Å²) in [4.78, 5) is 56.0. The van der Waals surface area contributed by atoms with Gasteiger partial charge in [-0.05, 0) is 85.7 Å². The molecule has 1 unspecified atom stereocenters. The minimum atomic E-state index is -0.678. The summed E-state index contributed by atoms with van der Waals surface area (Å²) < 4.78 is 5.44. The molecule has 5 aromatic rings. The Hall–Kier alpha value is -5.45. The van der Waals surface area contributed by atoms with Crippen LogP contribution in [0.2, 0.25) is 0 Å². The van der Waals surface area contributed by atoms with Gasteiger partial charge >= 0.3 is 5.97 Å². The zero-order chi connectivity index (χ0) is 36.3. The standard InChI is InChI=1S/C42H39N3O5S2/c1-2-50-42(49)36-33-24-13-6-14-25-35(33)52-41(36)45-40(48)37(29-18-9-4-10-19-29)51-32-23-15-22-31(27-32)43-39(47)34(26-28-16-7-3-8-17-28)44-38(46)30-20-11-5-12-21-30/h3-5,7-12,15-23,26-27,37H,2,6,13-14,24-25H2,1H3,(H,43,47)(H,44,46)(H,45,48)/b34-26-. The quantitative estimate of drug-likeness (QED) is 0.0511. The highest BCUT2D eigenvalue weighted by molar-refractivity contribution is 8.00. The summed E-state index contributed by atoms with van der Waals surface area (Å²) in [6, 6.07) is 34.6. The van der Waals surface area contributed by atoms with Crippen LogP contribution in [0.25, 0.3) is 6.08 Å². The van der Waals surface area contributed by atoms with E-state index in [1.807, 2.05) is 72.8 Å². The first-order valence-electron chi connectivity index (χ1n) is 17.3. The van der Waals surface area contributed by atoms with E-state index in [-0.39, 0.29) is 18.2 Å². The summed E-state index contributed by atoms with van der Waals surface area (Å²) >= 11 is 2.80. The van der Waals surface area contributed by atoms with Gasteiger partial charge < -0.3 is 20.7 Å². The van der Waals surface area contributed by atoms with Gasteiger partial charge in [0.2, 0.25) is 5.91 Å². The molecular formula is C42H39N3O5S2. The molecular weight excluding hydrogens is 691 g/mol. The lowest BCUT2D eigenvalue weighted by Crippen LogP contribution is -2.30. The molecule has 1 aliphatic carbocycles. The molecule has 6 rings (SSSR count). The lowest BCUT2D eigenvalue weighted by molar-refractivity contribution is -0.116. The maximum absolute atomic E-state index is 14.2. The SMILES string of the molecule is CCOC(=O)c1c(NC(=O)C(Sc2cccc(NC(=O)/C(=C/c3ccccc3)NC(=O)c3ccccc3)c2)c2ccccc2)sc2c1CCCCC2. The fourth-order valence-corrected chi connectivity index (χ4v) is 8.33. The number of nitrogens with one attached hydrogen (secondary N) is 3. The molecule has 0 saturated carbocycles. The van der Waals surface area contributed by atoms with E-state index in [1.54, 1.807) is 55.5 Å². The number of thioether (sulfide) groups is 1. The van der Waals surface area contributed by atoms with Gasteiger partial charge in [0.05, 0.1) is 12.2 Å². The molecule has 1 atom stereocenters. The van der Waals surface area contributed by atoms with Crippen LogP contribution in [0.15, 0.2) is 126 Å². The largest absolute Gasteiger partial charge is 0.462 e. The third-order valence-corrected chi connectivity index (χ3v) is 10.9. The molecule has 0 spiro atoms. The zero-order valence-corrected chi connectivity index (χ0v) is 30.4. The van der Waals surface area contributed by atoms with Crippen molar-refractivity contribution in [2.24, 2.45) is 0 Å². The van der Waals surface area contributed by atoms with Crippen LogP contribution in [0.4, 0.5) is 10.7 Å². The van der Waals surface area contributed by atoms with Crippen LogP contribution < -0.4 is 16.0 Å². The maximum atomic E-state index is 14.2. The normalized spacial score (nSPS) is 13.2. The molecule has 8 nitrogen and oxygen atoms in total. The predicted octanol–water partition coefficient (Wildman–Crippen LogP) is 9.08. The molecule has 1 aromatic heterocycles. The first-order chi connectivity index (χ1) is 25.4. The third kappa shape index (κ3) is 9.25. The van der Waals surface area contributed by atoms with E-state index in [4.69, 9.17) is 4.74 Å². The fraction of sp³-hybridized carbons (Fsp3) is 0.190. The van der Waals surface area contributed by atoms with Crippen molar-refractivity contribution < 1.29 is 23.9 Å². The van der Waals surface area contributed by atoms with Crippen molar-refractivity contribution in [3.05, 3.63) is 154 Å². The second-order valence-electron chi connectivity index (χ2n) is 12.2. The molecule has 0 radical (unpaired) electrons. The minimum absolute atomic E-state index is 0.0754. The monoisotopic (exact) mass is 729 g/mol. The Balaban J connectivity index is 1.24. The Morgan fingerprint density at radius 3 is 2.23 bits per heavy atom. The van der Waals surface area contributed by atoms with Gasteiger partial charge in [0, 0.05) is 21.0 Å². The van der Waals surface area contributed by atoms with Crippen LogP contribution in [0.3, 0.4) is 0 Å². The summed E-state index contributed by atoms with van der Waals surface area (Å²) in [5.41, 5.74) is 3.97. The molecule has 1 aliphatic rings. The van der Waals surface area contributed by atoms with Gasteiger partial charge in [-0.1, -0.05) is 91.3 Å². The number of hydrogen-bond acceptors (Lipinski definition) is 7. The predicted molar refractivity (Wildman–Crippen MR) is 209 cm³/mol. The first-order valence-corrected chi connectivity index (χ1v) is 19.0. The highest BCUT2D eigenvalue weighted by atomic mass is 32.2. The Morgan fingerprint density at radius 2 is 1.50 bits per heavy atom. The van der Waals surface area contributed by atoms with Crippen LogP contribution in [-0.4, -0.2) is 30.3 Å². The van der Waals surface area contributed by atoms with Crippen molar-refractivity contribution in [3.8, 4) is 0 Å². The number of aryl methyl sites for hydroxylation is 1. The van der Waals surface area contributed by atoms with Crippen molar-refractivity contribution in [2.75, 3.05) is 17.2 Å². The van der Waals surface area contributed by atoms with Crippen LogP contribution in [0.1, 0.15) is 73.7 Å². The van der Waals surface area contributed by atoms with Crippen LogP contribution in [0.5, 0.6) is 0 Å². The average molecular weight is 730 g/mol. The Bertz CT molecular complexity index is 2060. The molecule has 0 bridgehead atoms. The topological polar surface area (TPSA) is 114 Å². The molecule has 52 heavy (non-hydrogen) atoms. The average Bonchev–Trinajstić information content (AvgIpc) is 3.34. The van der Waals surface area contributed by atoms with E-state index in [0.29, 0.717) is 21.8 Å². The number of esters is 1. The lowest BCUT2D eigenvalue weighted by atomic mass is 10.1. The minimum Gasteiger partial charge on any atom is -0.462 e. The van der Waals surface area contributed by atoms with E-state index < -0.39 is 23.0 Å². The van der Waals surface area contributed by atoms with Gasteiger partial charge in [-0.3, -0.25) is 14.4 Å². The highest BCUT2D eigenvalue weighted by Gasteiger charge is 2.29. The lowest BCUT2D eigenvalue weighted by Gasteiger charge is -2.18. The van der Waals surface area contributed by atoms with Crippen molar-refractivity contribution in [3.63, 3.8) is 0 Å². The molecule has 0 fully saturated rings. The Morgan fingerprint density at radius 1 is 0.808 bits per heavy atom. The number of amides is 3.